The van der Waals surface area contributed by atoms with Gasteiger partial charge in [0.2, 0.25) is 0 Å². The maximum atomic E-state index is 12.0. The van der Waals surface area contributed by atoms with Gasteiger partial charge in [0, 0.05) is 13.1 Å². The van der Waals surface area contributed by atoms with Crippen LogP contribution < -0.4 is 10.1 Å². The third-order valence-electron chi connectivity index (χ3n) is 3.73. The minimum atomic E-state index is -0.272. The molecule has 0 aliphatic carbocycles. The molecule has 24 heavy (non-hydrogen) atoms. The van der Waals surface area contributed by atoms with Gasteiger partial charge < -0.3 is 19.7 Å². The second-order valence-electron chi connectivity index (χ2n) is 5.34. The molecular weight excluding hydrogens is 392 g/mol. The van der Waals surface area contributed by atoms with Crippen LogP contribution >= 0.6 is 28.1 Å². The molecule has 1 saturated heterocycles. The molecule has 2 aromatic rings. The molecule has 0 unspecified atom stereocenters. The van der Waals surface area contributed by atoms with Crippen LogP contribution in [0.1, 0.15) is 0 Å². The smallest absolute Gasteiger partial charge is 0.264 e. The van der Waals surface area contributed by atoms with Gasteiger partial charge >= 0.3 is 0 Å². The number of morpholine rings is 1. The first-order valence-corrected chi connectivity index (χ1v) is 8.82. The summed E-state index contributed by atoms with van der Waals surface area (Å²) in [5.41, 5.74) is 0. The molecule has 1 aliphatic heterocycles. The number of hydrogen-bond acceptors (Lipinski definition) is 4. The third kappa shape index (κ3) is 4.03. The molecule has 0 saturated carbocycles. The monoisotopic (exact) mass is 408 g/mol. The summed E-state index contributed by atoms with van der Waals surface area (Å²) in [6.07, 6.45) is 0. The number of hydrogen-bond donors (Lipinski definition) is 1. The molecule has 0 atom stereocenters. The van der Waals surface area contributed by atoms with Crippen LogP contribution in [0, 0.1) is 0 Å². The van der Waals surface area contributed by atoms with Gasteiger partial charge in [-0.2, -0.15) is 0 Å². The number of halogens is 1. The van der Waals surface area contributed by atoms with Crippen LogP contribution in [0.3, 0.4) is 0 Å². The number of nitrogens with zero attached hydrogens (tertiary/aromatic N) is 1. The summed E-state index contributed by atoms with van der Waals surface area (Å²) in [6, 6.07) is 11.8. The van der Waals surface area contributed by atoms with Gasteiger partial charge in [-0.05, 0) is 45.0 Å². The lowest BCUT2D eigenvalue weighted by Crippen LogP contribution is -2.48. The van der Waals surface area contributed by atoms with E-state index in [4.69, 9.17) is 21.7 Å². The Morgan fingerprint density at radius 2 is 2.00 bits per heavy atom. The summed E-state index contributed by atoms with van der Waals surface area (Å²) in [5, 5.41) is 5.27. The maximum Gasteiger partial charge on any atom is 0.264 e. The zero-order valence-electron chi connectivity index (χ0n) is 13.0. The molecule has 7 heteroatoms. The highest BCUT2D eigenvalue weighted by molar-refractivity contribution is 9.10. The molecule has 1 heterocycles. The predicted octanol–water partition coefficient (Wildman–Crippen LogP) is 2.71. The van der Waals surface area contributed by atoms with E-state index in [9.17, 15) is 4.79 Å². The van der Waals surface area contributed by atoms with Crippen molar-refractivity contribution in [2.24, 2.45) is 0 Å². The Bertz CT molecular complexity index is 763. The summed E-state index contributed by atoms with van der Waals surface area (Å²) in [7, 11) is 0. The number of amides is 1. The molecule has 5 nitrogen and oxygen atoms in total. The fraction of sp³-hybridized carbons (Fsp3) is 0.294. The minimum Gasteiger partial charge on any atom is -0.483 e. The van der Waals surface area contributed by atoms with Crippen LogP contribution in [0.4, 0.5) is 0 Å². The molecule has 0 bridgehead atoms. The highest BCUT2D eigenvalue weighted by Gasteiger charge is 2.16. The average molecular weight is 409 g/mol. The topological polar surface area (TPSA) is 50.8 Å². The van der Waals surface area contributed by atoms with E-state index in [0.717, 1.165) is 15.2 Å². The van der Waals surface area contributed by atoms with Crippen LogP contribution in [-0.2, 0) is 9.53 Å². The predicted molar refractivity (Wildman–Crippen MR) is 100 cm³/mol. The molecule has 1 fully saturated rings. The largest absolute Gasteiger partial charge is 0.483 e. The lowest BCUT2D eigenvalue weighted by Gasteiger charge is -2.28. The second-order valence-corrected chi connectivity index (χ2v) is 6.52. The lowest BCUT2D eigenvalue weighted by atomic mass is 10.1. The molecule has 2 aromatic carbocycles. The van der Waals surface area contributed by atoms with Gasteiger partial charge in [0.25, 0.3) is 5.91 Å². The van der Waals surface area contributed by atoms with Crippen molar-refractivity contribution >= 4 is 49.9 Å². The van der Waals surface area contributed by atoms with Gasteiger partial charge in [0.1, 0.15) is 5.75 Å². The van der Waals surface area contributed by atoms with Crippen molar-refractivity contribution in [2.45, 2.75) is 0 Å². The van der Waals surface area contributed by atoms with E-state index < -0.39 is 0 Å². The summed E-state index contributed by atoms with van der Waals surface area (Å²) in [5.74, 6) is 0.354. The number of fused-ring (bicyclic) bond motifs is 1. The van der Waals surface area contributed by atoms with Crippen LogP contribution in [0.25, 0.3) is 10.8 Å². The Morgan fingerprint density at radius 3 is 2.79 bits per heavy atom. The van der Waals surface area contributed by atoms with Crippen LogP contribution in [-0.4, -0.2) is 48.8 Å². The number of rotatable bonds is 3. The Labute approximate surface area is 154 Å². The van der Waals surface area contributed by atoms with Crippen molar-refractivity contribution in [3.05, 3.63) is 40.9 Å². The van der Waals surface area contributed by atoms with Crippen LogP contribution in [0.2, 0.25) is 0 Å². The standard InChI is InChI=1S/C17H17BrN2O3S/c18-16-13-4-2-1-3-12(13)5-6-14(16)23-11-15(21)19-17(24)20-7-9-22-10-8-20/h1-6H,7-11H2,(H,19,21,24). The molecule has 1 amide bonds. The fourth-order valence-electron chi connectivity index (χ4n) is 2.47. The van der Waals surface area contributed by atoms with Gasteiger partial charge in [0.05, 0.1) is 17.7 Å². The second kappa shape index (κ2) is 7.92. The van der Waals surface area contributed by atoms with E-state index in [2.05, 4.69) is 21.2 Å². The first kappa shape index (κ1) is 17.1. The van der Waals surface area contributed by atoms with E-state index in [1.807, 2.05) is 41.3 Å². The zero-order chi connectivity index (χ0) is 16.9. The van der Waals surface area contributed by atoms with Crippen molar-refractivity contribution in [3.63, 3.8) is 0 Å². The Kier molecular flexibility index (Phi) is 5.65. The van der Waals surface area contributed by atoms with E-state index in [0.29, 0.717) is 37.2 Å². The molecular formula is C17H17BrN2O3S. The van der Waals surface area contributed by atoms with E-state index >= 15 is 0 Å². The molecule has 1 aliphatic rings. The van der Waals surface area contributed by atoms with Crippen LogP contribution in [0.5, 0.6) is 5.75 Å². The number of carbonyl (C=O) groups is 1. The first-order valence-electron chi connectivity index (χ1n) is 7.62. The number of ether oxygens (including phenoxy) is 2. The van der Waals surface area contributed by atoms with Crippen molar-refractivity contribution in [2.75, 3.05) is 32.9 Å². The zero-order valence-corrected chi connectivity index (χ0v) is 15.4. The summed E-state index contributed by atoms with van der Waals surface area (Å²) in [4.78, 5) is 14.0. The van der Waals surface area contributed by atoms with E-state index in [1.165, 1.54) is 0 Å². The van der Waals surface area contributed by atoms with E-state index in [1.54, 1.807) is 0 Å². The first-order chi connectivity index (χ1) is 11.6. The molecule has 3 rings (SSSR count). The third-order valence-corrected chi connectivity index (χ3v) is 4.91. The van der Waals surface area contributed by atoms with Gasteiger partial charge in [-0.1, -0.05) is 30.3 Å². The van der Waals surface area contributed by atoms with Crippen molar-refractivity contribution < 1.29 is 14.3 Å². The molecule has 126 valence electrons. The quantitative estimate of drug-likeness (QED) is 0.791. The molecule has 0 aromatic heterocycles. The highest BCUT2D eigenvalue weighted by Crippen LogP contribution is 2.32. The van der Waals surface area contributed by atoms with Gasteiger partial charge in [-0.3, -0.25) is 4.79 Å². The number of benzene rings is 2. The fourth-order valence-corrected chi connectivity index (χ4v) is 3.37. The Balaban J connectivity index is 1.58. The molecule has 0 radical (unpaired) electrons. The van der Waals surface area contributed by atoms with Crippen molar-refractivity contribution in [3.8, 4) is 5.75 Å². The maximum absolute atomic E-state index is 12.0. The SMILES string of the molecule is O=C(COc1ccc2ccccc2c1Br)NC(=S)N1CCOCC1. The molecule has 0 spiro atoms. The van der Waals surface area contributed by atoms with Gasteiger partial charge in [-0.25, -0.2) is 0 Å². The summed E-state index contributed by atoms with van der Waals surface area (Å²) in [6.45, 7) is 2.53. The van der Waals surface area contributed by atoms with Gasteiger partial charge in [0.15, 0.2) is 11.7 Å². The minimum absolute atomic E-state index is 0.0958. The van der Waals surface area contributed by atoms with Crippen molar-refractivity contribution in [1.82, 2.24) is 10.2 Å². The van der Waals surface area contributed by atoms with E-state index in [-0.39, 0.29) is 12.5 Å². The number of thiocarbonyl (C=S) groups is 1. The number of nitrogens with one attached hydrogen (secondary N) is 1. The van der Waals surface area contributed by atoms with Gasteiger partial charge in [-0.15, -0.1) is 0 Å². The summed E-state index contributed by atoms with van der Waals surface area (Å²) >= 11 is 8.78. The Hall–Kier alpha value is -1.70. The molecule has 1 N–H and O–H groups in total. The number of carbonyl (C=O) groups excluding carboxylic acids is 1. The summed E-state index contributed by atoms with van der Waals surface area (Å²) < 4.78 is 11.7. The highest BCUT2D eigenvalue weighted by atomic mass is 79.9. The van der Waals surface area contributed by atoms with Crippen LogP contribution in [0.15, 0.2) is 40.9 Å². The average Bonchev–Trinajstić information content (AvgIpc) is 2.62. The van der Waals surface area contributed by atoms with Crippen molar-refractivity contribution in [1.29, 1.82) is 0 Å². The Morgan fingerprint density at radius 1 is 1.25 bits per heavy atom. The lowest BCUT2D eigenvalue weighted by molar-refractivity contribution is -0.121. The normalized spacial score (nSPS) is 14.5.